The van der Waals surface area contributed by atoms with Crippen molar-refractivity contribution in [2.75, 3.05) is 63.3 Å². The van der Waals surface area contributed by atoms with E-state index in [0.29, 0.717) is 36.4 Å². The number of ether oxygens (including phenoxy) is 3. The maximum atomic E-state index is 12.9. The molecule has 2 aliphatic rings. The summed E-state index contributed by atoms with van der Waals surface area (Å²) in [4.78, 5) is 29.4. The van der Waals surface area contributed by atoms with E-state index in [9.17, 15) is 22.8 Å². The van der Waals surface area contributed by atoms with Crippen LogP contribution in [-0.2, 0) is 20.7 Å². The number of rotatable bonds is 9. The fraction of sp³-hybridized carbons (Fsp3) is 0.565. The largest absolute Gasteiger partial charge is 0.573 e. The van der Waals surface area contributed by atoms with Gasteiger partial charge in [-0.15, -0.1) is 23.4 Å². The molecule has 0 spiro atoms. The number of benzene rings is 1. The number of halogens is 3. The second-order valence-corrected chi connectivity index (χ2v) is 9.74. The lowest BCUT2D eigenvalue weighted by atomic mass is 10.1. The first kappa shape index (κ1) is 27.2. The molecule has 0 aliphatic carbocycles. The minimum atomic E-state index is -4.96. The van der Waals surface area contributed by atoms with Crippen molar-refractivity contribution in [3.05, 3.63) is 28.8 Å². The Labute approximate surface area is 215 Å². The van der Waals surface area contributed by atoms with Gasteiger partial charge in [-0.25, -0.2) is 0 Å². The van der Waals surface area contributed by atoms with E-state index < -0.39 is 18.0 Å². The molecule has 2 fully saturated rings. The maximum absolute atomic E-state index is 12.9. The number of carbonyl (C=O) groups is 2. The minimum Gasteiger partial charge on any atom is -0.404 e. The van der Waals surface area contributed by atoms with Gasteiger partial charge < -0.3 is 24.4 Å². The molecule has 0 radical (unpaired) electrons. The van der Waals surface area contributed by atoms with Gasteiger partial charge in [-0.05, 0) is 31.0 Å². The molecule has 0 unspecified atom stereocenters. The predicted molar refractivity (Wildman–Crippen MR) is 129 cm³/mol. The molecule has 1 aromatic heterocycles. The number of nitrogens with zero attached hydrogens (tertiary/aromatic N) is 4. The number of Topliss-reactive ketones (excluding diaryl/α,β-unsaturated/α-hetero) is 1. The molecule has 0 saturated carbocycles. The lowest BCUT2D eigenvalue weighted by Gasteiger charge is -2.30. The molecule has 1 aromatic carbocycles. The summed E-state index contributed by atoms with van der Waals surface area (Å²) in [5, 5.41) is 12.0. The van der Waals surface area contributed by atoms with Crippen LogP contribution >= 0.6 is 11.3 Å². The van der Waals surface area contributed by atoms with E-state index in [1.54, 1.807) is 7.11 Å². The maximum Gasteiger partial charge on any atom is 0.573 e. The van der Waals surface area contributed by atoms with Gasteiger partial charge in [-0.3, -0.25) is 14.5 Å². The predicted octanol–water partition coefficient (Wildman–Crippen LogP) is 2.75. The lowest BCUT2D eigenvalue weighted by molar-refractivity contribution is -0.274. The van der Waals surface area contributed by atoms with Crippen molar-refractivity contribution < 1.29 is 37.0 Å². The fourth-order valence-electron chi connectivity index (χ4n) is 4.13. The normalized spacial score (nSPS) is 17.6. The number of methoxy groups -OCH3 is 1. The summed E-state index contributed by atoms with van der Waals surface area (Å²) in [5.74, 6) is -1.50. The Morgan fingerprint density at radius 3 is 2.57 bits per heavy atom. The van der Waals surface area contributed by atoms with Crippen molar-refractivity contribution in [3.63, 3.8) is 0 Å². The molecule has 14 heteroatoms. The van der Waals surface area contributed by atoms with Gasteiger partial charge in [0.2, 0.25) is 11.0 Å². The summed E-state index contributed by atoms with van der Waals surface area (Å²) in [6.45, 7) is 3.53. The van der Waals surface area contributed by atoms with E-state index in [0.717, 1.165) is 32.0 Å². The van der Waals surface area contributed by atoms with Gasteiger partial charge in [0.05, 0.1) is 38.0 Å². The summed E-state index contributed by atoms with van der Waals surface area (Å²) < 4.78 is 53.5. The van der Waals surface area contributed by atoms with E-state index in [1.807, 2.05) is 4.90 Å². The number of piperidine rings is 1. The molecule has 37 heavy (non-hydrogen) atoms. The summed E-state index contributed by atoms with van der Waals surface area (Å²) in [7, 11) is 1.69. The topological polar surface area (TPSA) is 106 Å². The van der Waals surface area contributed by atoms with Gasteiger partial charge in [0.15, 0.2) is 11.5 Å². The van der Waals surface area contributed by atoms with Gasteiger partial charge in [0.25, 0.3) is 0 Å². The van der Waals surface area contributed by atoms with Crippen LogP contribution in [0.1, 0.15) is 28.2 Å². The first-order valence-corrected chi connectivity index (χ1v) is 12.6. The second kappa shape index (κ2) is 12.2. The Balaban J connectivity index is 1.43. The molecule has 2 saturated heterocycles. The van der Waals surface area contributed by atoms with Gasteiger partial charge >= 0.3 is 6.36 Å². The van der Waals surface area contributed by atoms with Gasteiger partial charge in [0, 0.05) is 38.9 Å². The molecule has 4 rings (SSSR count). The molecule has 1 amide bonds. The number of carbonyl (C=O) groups excluding carboxylic acids is 2. The minimum absolute atomic E-state index is 0.0256. The van der Waals surface area contributed by atoms with Crippen molar-refractivity contribution in [1.29, 1.82) is 0 Å². The van der Waals surface area contributed by atoms with Gasteiger partial charge in [-0.1, -0.05) is 11.3 Å². The number of amides is 1. The Morgan fingerprint density at radius 1 is 1.16 bits per heavy atom. The Bertz CT molecular complexity index is 1080. The molecule has 2 aliphatic heterocycles. The van der Waals surface area contributed by atoms with Crippen LogP contribution in [-0.4, -0.2) is 92.3 Å². The van der Waals surface area contributed by atoms with E-state index in [-0.39, 0.29) is 36.1 Å². The molecule has 3 heterocycles. The quantitative estimate of drug-likeness (QED) is 0.478. The highest BCUT2D eigenvalue weighted by atomic mass is 32.1. The third-order valence-electron chi connectivity index (χ3n) is 6.09. The molecule has 1 N–H and O–H groups in total. The molecule has 0 bridgehead atoms. The Morgan fingerprint density at radius 2 is 1.89 bits per heavy atom. The number of anilines is 2. The van der Waals surface area contributed by atoms with E-state index in [1.165, 1.54) is 23.5 Å². The molecule has 10 nitrogen and oxygen atoms in total. The van der Waals surface area contributed by atoms with Crippen LogP contribution in [0.15, 0.2) is 18.2 Å². The van der Waals surface area contributed by atoms with Crippen LogP contribution < -0.4 is 15.0 Å². The third-order valence-corrected chi connectivity index (χ3v) is 7.07. The van der Waals surface area contributed by atoms with Gasteiger partial charge in [0.1, 0.15) is 5.01 Å². The van der Waals surface area contributed by atoms with E-state index in [2.05, 4.69) is 25.2 Å². The van der Waals surface area contributed by atoms with Crippen LogP contribution in [0, 0.1) is 0 Å². The van der Waals surface area contributed by atoms with Crippen molar-refractivity contribution in [2.45, 2.75) is 31.7 Å². The number of alkyl halides is 3. The summed E-state index contributed by atoms with van der Waals surface area (Å²) >= 11 is 1.30. The van der Waals surface area contributed by atoms with Crippen LogP contribution in [0.25, 0.3) is 0 Å². The highest BCUT2D eigenvalue weighted by Gasteiger charge is 2.33. The highest BCUT2D eigenvalue weighted by molar-refractivity contribution is 7.15. The van der Waals surface area contributed by atoms with Crippen molar-refractivity contribution >= 4 is 33.8 Å². The van der Waals surface area contributed by atoms with Crippen molar-refractivity contribution in [1.82, 2.24) is 15.1 Å². The van der Waals surface area contributed by atoms with E-state index >= 15 is 0 Å². The standard InChI is InChI=1S/C23H28F3N5O5S/c1-34-16-4-6-31(7-5-16)22-29-28-21(37-22)13-18(32)15-2-3-19(36-23(24,25)26)17(12-15)27-20(33)14-30-8-10-35-11-9-30/h2-3,12,16H,4-11,13-14H2,1H3,(H,27,33). The zero-order valence-corrected chi connectivity index (χ0v) is 21.1. The molecular formula is C23H28F3N5O5S. The zero-order chi connectivity index (χ0) is 26.4. The molecule has 2 aromatic rings. The number of hydrogen-bond acceptors (Lipinski definition) is 10. The smallest absolute Gasteiger partial charge is 0.404 e. The monoisotopic (exact) mass is 543 g/mol. The highest BCUT2D eigenvalue weighted by Crippen LogP contribution is 2.32. The van der Waals surface area contributed by atoms with Crippen LogP contribution in [0.5, 0.6) is 5.75 Å². The Kier molecular flexibility index (Phi) is 8.95. The average molecular weight is 544 g/mol. The third kappa shape index (κ3) is 7.84. The number of morpholine rings is 1. The number of aromatic nitrogens is 2. The average Bonchev–Trinajstić information content (AvgIpc) is 3.33. The zero-order valence-electron chi connectivity index (χ0n) is 20.3. The van der Waals surface area contributed by atoms with Crippen LogP contribution in [0.2, 0.25) is 0 Å². The fourth-order valence-corrected chi connectivity index (χ4v) is 5.02. The SMILES string of the molecule is COC1CCN(c2nnc(CC(=O)c3ccc(OC(F)(F)F)c(NC(=O)CN4CCOCC4)c3)s2)CC1. The molecular weight excluding hydrogens is 515 g/mol. The molecule has 0 atom stereocenters. The van der Waals surface area contributed by atoms with Crippen molar-refractivity contribution in [3.8, 4) is 5.75 Å². The number of ketones is 1. The summed E-state index contributed by atoms with van der Waals surface area (Å²) in [6.07, 6.45) is -3.08. The van der Waals surface area contributed by atoms with Crippen molar-refractivity contribution in [2.24, 2.45) is 0 Å². The first-order valence-electron chi connectivity index (χ1n) is 11.8. The summed E-state index contributed by atoms with van der Waals surface area (Å²) in [5.41, 5.74) is -0.116. The second-order valence-electron chi connectivity index (χ2n) is 8.70. The molecule has 202 valence electrons. The lowest BCUT2D eigenvalue weighted by Crippen LogP contribution is -2.41. The van der Waals surface area contributed by atoms with Crippen LogP contribution in [0.4, 0.5) is 24.0 Å². The Hall–Kier alpha value is -2.81. The summed E-state index contributed by atoms with van der Waals surface area (Å²) in [6, 6.07) is 3.45. The van der Waals surface area contributed by atoms with Gasteiger partial charge in [-0.2, -0.15) is 0 Å². The number of hydrogen-bond donors (Lipinski definition) is 1. The van der Waals surface area contributed by atoms with E-state index in [4.69, 9.17) is 9.47 Å². The number of nitrogens with one attached hydrogen (secondary N) is 1. The first-order chi connectivity index (χ1) is 17.7. The van der Waals surface area contributed by atoms with Crippen LogP contribution in [0.3, 0.4) is 0 Å².